The van der Waals surface area contributed by atoms with E-state index >= 15 is 0 Å². The Labute approximate surface area is 120 Å². The third kappa shape index (κ3) is 2.61. The van der Waals surface area contributed by atoms with Crippen molar-refractivity contribution in [2.24, 2.45) is 0 Å². The van der Waals surface area contributed by atoms with E-state index in [1.165, 1.54) is 11.6 Å². The average Bonchev–Trinajstić information content (AvgIpc) is 2.80. The highest BCUT2D eigenvalue weighted by atomic mass is 32.2. The van der Waals surface area contributed by atoms with Gasteiger partial charge in [0.25, 0.3) is 0 Å². The van der Waals surface area contributed by atoms with Gasteiger partial charge in [0.2, 0.25) is 0 Å². The van der Waals surface area contributed by atoms with Crippen LogP contribution in [0, 0.1) is 12.7 Å². The van der Waals surface area contributed by atoms with E-state index in [2.05, 4.69) is 6.07 Å². The molecule has 1 aliphatic rings. The summed E-state index contributed by atoms with van der Waals surface area (Å²) in [7, 11) is -1.38. The monoisotopic (exact) mass is 290 g/mol. The standard InChI is InChI=1S/C16H15FO2S/c1-11-6-7-15-12(8-11)9-13(19-15)10-20(18)16-5-3-2-4-14(16)17/h2-8,13H,9-10H2,1H3. The summed E-state index contributed by atoms with van der Waals surface area (Å²) in [6.07, 6.45) is 0.587. The van der Waals surface area contributed by atoms with Gasteiger partial charge in [-0.1, -0.05) is 29.8 Å². The molecular weight excluding hydrogens is 275 g/mol. The SMILES string of the molecule is Cc1ccc2c(c1)CC(CS(=O)c1ccccc1F)O2. The van der Waals surface area contributed by atoms with E-state index in [9.17, 15) is 8.60 Å². The van der Waals surface area contributed by atoms with E-state index in [1.807, 2.05) is 19.1 Å². The molecule has 20 heavy (non-hydrogen) atoms. The molecule has 1 aliphatic heterocycles. The van der Waals surface area contributed by atoms with Gasteiger partial charge in [-0.15, -0.1) is 0 Å². The van der Waals surface area contributed by atoms with Crippen molar-refractivity contribution in [1.82, 2.24) is 0 Å². The van der Waals surface area contributed by atoms with Gasteiger partial charge in [-0.25, -0.2) is 4.39 Å². The second-order valence-corrected chi connectivity index (χ2v) is 6.46. The maximum atomic E-state index is 13.6. The van der Waals surface area contributed by atoms with Gasteiger partial charge in [0, 0.05) is 6.42 Å². The van der Waals surface area contributed by atoms with Gasteiger partial charge >= 0.3 is 0 Å². The maximum absolute atomic E-state index is 13.6. The highest BCUT2D eigenvalue weighted by Gasteiger charge is 2.25. The van der Waals surface area contributed by atoms with Crippen LogP contribution in [0.1, 0.15) is 11.1 Å². The van der Waals surface area contributed by atoms with Crippen LogP contribution < -0.4 is 4.74 Å². The minimum Gasteiger partial charge on any atom is -0.489 e. The van der Waals surface area contributed by atoms with Crippen LogP contribution in [0.4, 0.5) is 4.39 Å². The Morgan fingerprint density at radius 3 is 2.90 bits per heavy atom. The third-order valence-electron chi connectivity index (χ3n) is 3.38. The molecule has 2 aromatic rings. The summed E-state index contributed by atoms with van der Waals surface area (Å²) >= 11 is 0. The van der Waals surface area contributed by atoms with E-state index in [0.29, 0.717) is 5.75 Å². The van der Waals surface area contributed by atoms with Gasteiger partial charge < -0.3 is 4.74 Å². The van der Waals surface area contributed by atoms with Gasteiger partial charge in [0.05, 0.1) is 21.4 Å². The van der Waals surface area contributed by atoms with Crippen LogP contribution in [-0.2, 0) is 17.2 Å². The molecule has 0 saturated heterocycles. The molecule has 4 heteroatoms. The van der Waals surface area contributed by atoms with Crippen LogP contribution in [0.15, 0.2) is 47.4 Å². The Morgan fingerprint density at radius 1 is 1.30 bits per heavy atom. The molecule has 0 N–H and O–H groups in total. The van der Waals surface area contributed by atoms with Gasteiger partial charge in [0.15, 0.2) is 0 Å². The molecule has 2 atom stereocenters. The first-order chi connectivity index (χ1) is 9.63. The molecule has 0 bridgehead atoms. The second kappa shape index (κ2) is 5.37. The van der Waals surface area contributed by atoms with Crippen molar-refractivity contribution in [3.05, 3.63) is 59.4 Å². The second-order valence-electron chi connectivity index (χ2n) is 5.00. The highest BCUT2D eigenvalue weighted by molar-refractivity contribution is 7.85. The Hall–Kier alpha value is -1.68. The van der Waals surface area contributed by atoms with Crippen LogP contribution in [0.3, 0.4) is 0 Å². The fourth-order valence-corrected chi connectivity index (χ4v) is 3.65. The molecule has 0 aromatic heterocycles. The number of ether oxygens (including phenoxy) is 1. The van der Waals surface area contributed by atoms with E-state index < -0.39 is 16.6 Å². The molecule has 2 unspecified atom stereocenters. The van der Waals surface area contributed by atoms with Crippen LogP contribution in [0.25, 0.3) is 0 Å². The van der Waals surface area contributed by atoms with Crippen LogP contribution in [-0.4, -0.2) is 16.1 Å². The summed E-state index contributed by atoms with van der Waals surface area (Å²) < 4.78 is 31.6. The Bertz CT molecular complexity index is 669. The first-order valence-corrected chi connectivity index (χ1v) is 7.84. The zero-order chi connectivity index (χ0) is 14.1. The van der Waals surface area contributed by atoms with E-state index in [0.717, 1.165) is 17.7 Å². The third-order valence-corrected chi connectivity index (χ3v) is 4.87. The molecule has 0 fully saturated rings. The Kier molecular flexibility index (Phi) is 3.57. The molecule has 0 saturated carbocycles. The summed E-state index contributed by atoms with van der Waals surface area (Å²) in [6, 6.07) is 12.2. The average molecular weight is 290 g/mol. The van der Waals surface area contributed by atoms with Gasteiger partial charge in [0.1, 0.15) is 17.7 Å². The van der Waals surface area contributed by atoms with Crippen LogP contribution >= 0.6 is 0 Å². The van der Waals surface area contributed by atoms with Gasteiger partial charge in [-0.05, 0) is 30.7 Å². The smallest absolute Gasteiger partial charge is 0.139 e. The van der Waals surface area contributed by atoms with Crippen LogP contribution in [0.2, 0.25) is 0 Å². The van der Waals surface area contributed by atoms with Crippen molar-refractivity contribution in [3.8, 4) is 5.75 Å². The molecule has 104 valence electrons. The molecular formula is C16H15FO2S. The van der Waals surface area contributed by atoms with E-state index in [-0.39, 0.29) is 11.0 Å². The fourth-order valence-electron chi connectivity index (χ4n) is 2.43. The molecule has 0 spiro atoms. The summed E-state index contributed by atoms with van der Waals surface area (Å²) in [5.74, 6) is 0.748. The first kappa shape index (κ1) is 13.3. The van der Waals surface area contributed by atoms with Crippen molar-refractivity contribution in [2.45, 2.75) is 24.3 Å². The molecule has 3 rings (SSSR count). The predicted molar refractivity (Wildman–Crippen MR) is 77.0 cm³/mol. The Balaban J connectivity index is 1.72. The van der Waals surface area contributed by atoms with Crippen molar-refractivity contribution in [2.75, 3.05) is 5.75 Å². The van der Waals surface area contributed by atoms with Crippen molar-refractivity contribution >= 4 is 10.8 Å². The number of hydrogen-bond donors (Lipinski definition) is 0. The molecule has 0 radical (unpaired) electrons. The summed E-state index contributed by atoms with van der Waals surface area (Å²) in [4.78, 5) is 0.253. The number of benzene rings is 2. The van der Waals surface area contributed by atoms with E-state index in [1.54, 1.807) is 18.2 Å². The topological polar surface area (TPSA) is 26.3 Å². The number of hydrogen-bond acceptors (Lipinski definition) is 2. The molecule has 0 aliphatic carbocycles. The minimum atomic E-state index is -1.38. The fraction of sp³-hybridized carbons (Fsp3) is 0.250. The van der Waals surface area contributed by atoms with Gasteiger partial charge in [-0.2, -0.15) is 0 Å². The molecule has 2 aromatic carbocycles. The largest absolute Gasteiger partial charge is 0.489 e. The summed E-state index contributed by atoms with van der Waals surface area (Å²) in [6.45, 7) is 2.03. The Morgan fingerprint density at radius 2 is 2.10 bits per heavy atom. The van der Waals surface area contributed by atoms with Crippen molar-refractivity contribution in [1.29, 1.82) is 0 Å². The molecule has 2 nitrogen and oxygen atoms in total. The predicted octanol–water partition coefficient (Wildman–Crippen LogP) is 3.25. The summed E-state index contributed by atoms with van der Waals surface area (Å²) in [5, 5.41) is 0. The molecule has 0 amide bonds. The number of aryl methyl sites for hydroxylation is 1. The van der Waals surface area contributed by atoms with Crippen molar-refractivity contribution < 1.29 is 13.3 Å². The lowest BCUT2D eigenvalue weighted by Crippen LogP contribution is -2.22. The minimum absolute atomic E-state index is 0.146. The van der Waals surface area contributed by atoms with Crippen molar-refractivity contribution in [3.63, 3.8) is 0 Å². The number of rotatable bonds is 3. The lowest BCUT2D eigenvalue weighted by atomic mass is 10.1. The number of fused-ring (bicyclic) bond motifs is 1. The van der Waals surface area contributed by atoms with E-state index in [4.69, 9.17) is 4.74 Å². The zero-order valence-electron chi connectivity index (χ0n) is 11.1. The van der Waals surface area contributed by atoms with Crippen LogP contribution in [0.5, 0.6) is 5.75 Å². The quantitative estimate of drug-likeness (QED) is 0.867. The molecule has 1 heterocycles. The van der Waals surface area contributed by atoms with Gasteiger partial charge in [-0.3, -0.25) is 4.21 Å². The number of halogens is 1. The highest BCUT2D eigenvalue weighted by Crippen LogP contribution is 2.30. The summed E-state index contributed by atoms with van der Waals surface area (Å²) in [5.41, 5.74) is 2.32. The lowest BCUT2D eigenvalue weighted by molar-refractivity contribution is 0.258. The first-order valence-electron chi connectivity index (χ1n) is 6.52. The maximum Gasteiger partial charge on any atom is 0.139 e. The normalized spacial score (nSPS) is 18.4. The lowest BCUT2D eigenvalue weighted by Gasteiger charge is -2.10. The zero-order valence-corrected chi connectivity index (χ0v) is 12.0.